The van der Waals surface area contributed by atoms with Crippen LogP contribution in [0.5, 0.6) is 0 Å². The second-order valence-electron chi connectivity index (χ2n) is 5.33. The topological polar surface area (TPSA) is 38.3 Å². The van der Waals surface area contributed by atoms with Gasteiger partial charge in [-0.3, -0.25) is 4.79 Å². The molecule has 1 rings (SSSR count). The second kappa shape index (κ2) is 7.12. The van der Waals surface area contributed by atoms with Crippen molar-refractivity contribution in [1.82, 2.24) is 5.32 Å². The average Bonchev–Trinajstić information content (AvgIpc) is 2.36. The summed E-state index contributed by atoms with van der Waals surface area (Å²) in [6, 6.07) is 0. The van der Waals surface area contributed by atoms with E-state index in [4.69, 9.17) is 4.74 Å². The maximum absolute atomic E-state index is 12.6. The molecule has 1 aliphatic heterocycles. The molecule has 1 aliphatic rings. The molecule has 0 aromatic heterocycles. The number of nitrogens with one attached hydrogen (secondary N) is 1. The second-order valence-corrected chi connectivity index (χ2v) is 5.33. The smallest absolute Gasteiger partial charge is 0.142 e. The Labute approximate surface area is 105 Å². The first kappa shape index (κ1) is 14.7. The Kier molecular flexibility index (Phi) is 6.14. The lowest BCUT2D eigenvalue weighted by Gasteiger charge is -2.38. The van der Waals surface area contributed by atoms with Crippen molar-refractivity contribution in [3.8, 4) is 0 Å². The molecular formula is C14H27NO2. The Bertz CT molecular complexity index is 229. The van der Waals surface area contributed by atoms with Crippen LogP contribution in [0.4, 0.5) is 0 Å². The van der Waals surface area contributed by atoms with E-state index < -0.39 is 0 Å². The van der Waals surface area contributed by atoms with E-state index >= 15 is 0 Å². The third-order valence-electron chi connectivity index (χ3n) is 4.01. The van der Waals surface area contributed by atoms with Crippen molar-refractivity contribution in [2.45, 2.75) is 46.0 Å². The largest absolute Gasteiger partial charge is 0.385 e. The highest BCUT2D eigenvalue weighted by atomic mass is 16.5. The van der Waals surface area contributed by atoms with Gasteiger partial charge in [0, 0.05) is 25.0 Å². The van der Waals surface area contributed by atoms with Gasteiger partial charge in [0.2, 0.25) is 0 Å². The summed E-state index contributed by atoms with van der Waals surface area (Å²) in [7, 11) is 1.70. The predicted molar refractivity (Wildman–Crippen MR) is 70.1 cm³/mol. The van der Waals surface area contributed by atoms with E-state index in [1.165, 1.54) is 0 Å². The SMILES string of the molecule is CCCC1(C(=O)C(C)CCOC)CCNCC1. The zero-order valence-corrected chi connectivity index (χ0v) is 11.6. The van der Waals surface area contributed by atoms with Crippen molar-refractivity contribution < 1.29 is 9.53 Å². The molecule has 0 aliphatic carbocycles. The third-order valence-corrected chi connectivity index (χ3v) is 4.01. The van der Waals surface area contributed by atoms with Crippen LogP contribution < -0.4 is 5.32 Å². The molecule has 0 aromatic rings. The summed E-state index contributed by atoms with van der Waals surface area (Å²) in [4.78, 5) is 12.6. The highest BCUT2D eigenvalue weighted by Crippen LogP contribution is 2.37. The fraction of sp³-hybridized carbons (Fsp3) is 0.929. The van der Waals surface area contributed by atoms with Crippen LogP contribution in [-0.2, 0) is 9.53 Å². The molecule has 1 atom stereocenters. The molecule has 1 N–H and O–H groups in total. The first-order chi connectivity index (χ1) is 8.16. The van der Waals surface area contributed by atoms with Crippen LogP contribution in [0.3, 0.4) is 0 Å². The molecule has 0 radical (unpaired) electrons. The number of methoxy groups -OCH3 is 1. The van der Waals surface area contributed by atoms with Gasteiger partial charge < -0.3 is 10.1 Å². The highest BCUT2D eigenvalue weighted by molar-refractivity contribution is 5.86. The highest BCUT2D eigenvalue weighted by Gasteiger charge is 2.40. The first-order valence-corrected chi connectivity index (χ1v) is 6.90. The molecule has 0 amide bonds. The molecule has 17 heavy (non-hydrogen) atoms. The Morgan fingerprint density at radius 3 is 2.59 bits per heavy atom. The van der Waals surface area contributed by atoms with Crippen LogP contribution in [0.25, 0.3) is 0 Å². The van der Waals surface area contributed by atoms with E-state index in [1.54, 1.807) is 7.11 Å². The number of rotatable bonds is 7. The molecule has 3 heteroatoms. The number of Topliss-reactive ketones (excluding diaryl/α,β-unsaturated/α-hetero) is 1. The molecule has 3 nitrogen and oxygen atoms in total. The molecule has 0 saturated carbocycles. The summed E-state index contributed by atoms with van der Waals surface area (Å²) in [5.41, 5.74) is -0.0485. The van der Waals surface area contributed by atoms with Gasteiger partial charge in [-0.25, -0.2) is 0 Å². The molecular weight excluding hydrogens is 214 g/mol. The van der Waals surface area contributed by atoms with Gasteiger partial charge in [0.1, 0.15) is 5.78 Å². The van der Waals surface area contributed by atoms with Gasteiger partial charge in [-0.2, -0.15) is 0 Å². The van der Waals surface area contributed by atoms with Crippen molar-refractivity contribution >= 4 is 5.78 Å². The van der Waals surface area contributed by atoms with Gasteiger partial charge in [-0.1, -0.05) is 20.3 Å². The maximum Gasteiger partial charge on any atom is 0.142 e. The van der Waals surface area contributed by atoms with Crippen LogP contribution >= 0.6 is 0 Å². The quantitative estimate of drug-likeness (QED) is 0.744. The van der Waals surface area contributed by atoms with Gasteiger partial charge in [0.05, 0.1) is 0 Å². The number of ketones is 1. The molecule has 1 heterocycles. The van der Waals surface area contributed by atoms with Gasteiger partial charge in [-0.15, -0.1) is 0 Å². The number of carbonyl (C=O) groups is 1. The molecule has 100 valence electrons. The van der Waals surface area contributed by atoms with Crippen molar-refractivity contribution in [3.05, 3.63) is 0 Å². The summed E-state index contributed by atoms with van der Waals surface area (Å²) < 4.78 is 5.08. The predicted octanol–water partition coefficient (Wildman–Crippen LogP) is 2.40. The summed E-state index contributed by atoms with van der Waals surface area (Å²) in [6.07, 6.45) is 5.02. The number of ether oxygens (including phenoxy) is 1. The van der Waals surface area contributed by atoms with Crippen molar-refractivity contribution in [2.75, 3.05) is 26.8 Å². The van der Waals surface area contributed by atoms with Crippen LogP contribution in [0.15, 0.2) is 0 Å². The molecule has 1 saturated heterocycles. The fourth-order valence-electron chi connectivity index (χ4n) is 2.95. The fourth-order valence-corrected chi connectivity index (χ4v) is 2.95. The van der Waals surface area contributed by atoms with Gasteiger partial charge in [0.15, 0.2) is 0 Å². The van der Waals surface area contributed by atoms with Crippen LogP contribution in [0.1, 0.15) is 46.0 Å². The average molecular weight is 241 g/mol. The summed E-state index contributed by atoms with van der Waals surface area (Å²) in [6.45, 7) is 6.90. The van der Waals surface area contributed by atoms with Gasteiger partial charge in [0.25, 0.3) is 0 Å². The van der Waals surface area contributed by atoms with E-state index in [2.05, 4.69) is 19.2 Å². The Balaban J connectivity index is 2.65. The standard InChI is InChI=1S/C14H27NO2/c1-4-6-14(7-9-15-10-8-14)13(16)12(2)5-11-17-3/h12,15H,4-11H2,1-3H3. The minimum absolute atomic E-state index is 0.0485. The summed E-state index contributed by atoms with van der Waals surface area (Å²) in [5.74, 6) is 0.609. The first-order valence-electron chi connectivity index (χ1n) is 6.90. The number of carbonyl (C=O) groups excluding carboxylic acids is 1. The molecule has 0 spiro atoms. The number of hydrogen-bond donors (Lipinski definition) is 1. The lowest BCUT2D eigenvalue weighted by Crippen LogP contribution is -2.44. The van der Waals surface area contributed by atoms with Crippen molar-refractivity contribution in [3.63, 3.8) is 0 Å². The van der Waals surface area contributed by atoms with E-state index in [-0.39, 0.29) is 11.3 Å². The normalized spacial score (nSPS) is 21.1. The Morgan fingerprint density at radius 1 is 1.41 bits per heavy atom. The van der Waals surface area contributed by atoms with E-state index in [1.807, 2.05) is 0 Å². The summed E-state index contributed by atoms with van der Waals surface area (Å²) in [5, 5.41) is 3.36. The van der Waals surface area contributed by atoms with Crippen LogP contribution in [0.2, 0.25) is 0 Å². The third kappa shape index (κ3) is 3.78. The summed E-state index contributed by atoms with van der Waals surface area (Å²) >= 11 is 0. The maximum atomic E-state index is 12.6. The zero-order chi connectivity index (χ0) is 12.7. The monoisotopic (exact) mass is 241 g/mol. The van der Waals surface area contributed by atoms with Gasteiger partial charge in [-0.05, 0) is 38.8 Å². The molecule has 1 unspecified atom stereocenters. The van der Waals surface area contributed by atoms with Crippen molar-refractivity contribution in [2.24, 2.45) is 11.3 Å². The zero-order valence-electron chi connectivity index (χ0n) is 11.6. The Morgan fingerprint density at radius 2 is 2.06 bits per heavy atom. The van der Waals surface area contributed by atoms with Crippen LogP contribution in [-0.4, -0.2) is 32.6 Å². The lowest BCUT2D eigenvalue weighted by atomic mass is 9.68. The van der Waals surface area contributed by atoms with Crippen LogP contribution in [0, 0.1) is 11.3 Å². The molecule has 0 bridgehead atoms. The van der Waals surface area contributed by atoms with E-state index in [0.717, 1.165) is 45.2 Å². The lowest BCUT2D eigenvalue weighted by molar-refractivity contribution is -0.135. The number of piperidine rings is 1. The van der Waals surface area contributed by atoms with E-state index in [0.29, 0.717) is 12.4 Å². The Hall–Kier alpha value is -0.410. The number of hydrogen-bond acceptors (Lipinski definition) is 3. The molecule has 1 fully saturated rings. The van der Waals surface area contributed by atoms with Gasteiger partial charge >= 0.3 is 0 Å². The minimum Gasteiger partial charge on any atom is -0.385 e. The minimum atomic E-state index is -0.0485. The molecule has 0 aromatic carbocycles. The van der Waals surface area contributed by atoms with E-state index in [9.17, 15) is 4.79 Å². The van der Waals surface area contributed by atoms with Crippen molar-refractivity contribution in [1.29, 1.82) is 0 Å².